The molecule has 37 heavy (non-hydrogen) atoms. The highest BCUT2D eigenvalue weighted by atomic mass is 35.5. The number of ether oxygens (including phenoxy) is 1. The summed E-state index contributed by atoms with van der Waals surface area (Å²) in [6.07, 6.45) is 5.51. The number of nitrogens with zero attached hydrogens (tertiary/aromatic N) is 5. The predicted molar refractivity (Wildman–Crippen MR) is 143 cm³/mol. The lowest BCUT2D eigenvalue weighted by Gasteiger charge is -2.29. The van der Waals surface area contributed by atoms with Crippen LogP contribution in [0.25, 0.3) is 11.3 Å². The minimum atomic E-state index is -0.475. The van der Waals surface area contributed by atoms with Gasteiger partial charge in [-0.05, 0) is 56.3 Å². The second kappa shape index (κ2) is 10.5. The van der Waals surface area contributed by atoms with Crippen molar-refractivity contribution in [1.82, 2.24) is 19.9 Å². The molecule has 9 nitrogen and oxygen atoms in total. The first-order chi connectivity index (χ1) is 17.9. The molecule has 0 radical (unpaired) electrons. The Morgan fingerprint density at radius 2 is 2.22 bits per heavy atom. The van der Waals surface area contributed by atoms with E-state index in [1.54, 1.807) is 30.6 Å². The minimum absolute atomic E-state index is 0.0282. The number of aromatic nitrogens is 3. The second-order valence-electron chi connectivity index (χ2n) is 10.1. The Bertz CT molecular complexity index is 1340. The number of hydrogen-bond donors (Lipinski definition) is 3. The highest BCUT2D eigenvalue weighted by molar-refractivity contribution is 6.30. The zero-order valence-electron chi connectivity index (χ0n) is 21.0. The number of aliphatic hydroxyl groups excluding tert-OH is 1. The molecule has 1 unspecified atom stereocenters. The van der Waals surface area contributed by atoms with Gasteiger partial charge in [-0.1, -0.05) is 18.5 Å². The van der Waals surface area contributed by atoms with E-state index in [4.69, 9.17) is 21.3 Å². The molecule has 2 aromatic heterocycles. The van der Waals surface area contributed by atoms with Crippen LogP contribution < -0.4 is 15.4 Å². The Kier molecular flexibility index (Phi) is 7.15. The zero-order valence-corrected chi connectivity index (χ0v) is 21.7. The fourth-order valence-electron chi connectivity index (χ4n) is 5.00. The maximum Gasteiger partial charge on any atom is 0.237 e. The molecule has 2 atom stereocenters. The van der Waals surface area contributed by atoms with Gasteiger partial charge in [-0.3, -0.25) is 0 Å². The molecule has 1 fully saturated rings. The van der Waals surface area contributed by atoms with Crippen molar-refractivity contribution in [2.24, 2.45) is 5.92 Å². The standard InChI is InChI=1S/C27H30ClN7O2/c1-27(16-36)15-32-24-19(11-29)8-18(9-21(24)27)22-5-6-30-26(33-22)34-23-10-20(28)12-31-25(23)37-14-17-4-3-7-35(2)13-17/h5-6,8-10,12,17,32,36H,3-4,7,13-16H2,1-2H3,(H,30,33,34)/t17?,27-/m1/s1. The molecule has 0 aliphatic carbocycles. The summed E-state index contributed by atoms with van der Waals surface area (Å²) in [7, 11) is 2.13. The molecule has 1 saturated heterocycles. The van der Waals surface area contributed by atoms with Gasteiger partial charge >= 0.3 is 0 Å². The summed E-state index contributed by atoms with van der Waals surface area (Å²) in [5.41, 5.74) is 3.71. The lowest BCUT2D eigenvalue weighted by atomic mass is 9.83. The molecular weight excluding hydrogens is 490 g/mol. The molecule has 4 heterocycles. The summed E-state index contributed by atoms with van der Waals surface area (Å²) in [6.45, 7) is 5.19. The third-order valence-electron chi connectivity index (χ3n) is 7.11. The van der Waals surface area contributed by atoms with Crippen LogP contribution >= 0.6 is 11.6 Å². The van der Waals surface area contributed by atoms with Gasteiger partial charge in [-0.2, -0.15) is 5.26 Å². The average molecular weight is 520 g/mol. The Labute approximate surface area is 221 Å². The molecule has 5 rings (SSSR count). The van der Waals surface area contributed by atoms with Crippen molar-refractivity contribution in [3.63, 3.8) is 0 Å². The number of fused-ring (bicyclic) bond motifs is 1. The van der Waals surface area contributed by atoms with Crippen molar-refractivity contribution in [2.45, 2.75) is 25.2 Å². The molecule has 0 spiro atoms. The number of pyridine rings is 1. The first-order valence-electron chi connectivity index (χ1n) is 12.4. The quantitative estimate of drug-likeness (QED) is 0.421. The fourth-order valence-corrected chi connectivity index (χ4v) is 5.16. The van der Waals surface area contributed by atoms with Crippen molar-refractivity contribution >= 4 is 28.9 Å². The highest BCUT2D eigenvalue weighted by Crippen LogP contribution is 2.41. The van der Waals surface area contributed by atoms with Gasteiger partial charge in [0, 0.05) is 42.4 Å². The van der Waals surface area contributed by atoms with Gasteiger partial charge in [0.05, 0.1) is 35.2 Å². The van der Waals surface area contributed by atoms with Crippen LogP contribution in [-0.4, -0.2) is 64.9 Å². The third kappa shape index (κ3) is 5.32. The number of rotatable bonds is 7. The molecule has 0 amide bonds. The fraction of sp³-hybridized carbons (Fsp3) is 0.407. The largest absolute Gasteiger partial charge is 0.476 e. The van der Waals surface area contributed by atoms with E-state index in [-0.39, 0.29) is 6.61 Å². The highest BCUT2D eigenvalue weighted by Gasteiger charge is 2.36. The third-order valence-corrected chi connectivity index (χ3v) is 7.31. The van der Waals surface area contributed by atoms with E-state index in [0.717, 1.165) is 42.7 Å². The van der Waals surface area contributed by atoms with Crippen LogP contribution in [0.4, 0.5) is 17.3 Å². The van der Waals surface area contributed by atoms with Crippen molar-refractivity contribution in [3.8, 4) is 23.2 Å². The van der Waals surface area contributed by atoms with E-state index >= 15 is 0 Å². The topological polar surface area (TPSA) is 119 Å². The van der Waals surface area contributed by atoms with E-state index in [1.165, 1.54) is 0 Å². The smallest absolute Gasteiger partial charge is 0.237 e. The first kappa shape index (κ1) is 25.2. The van der Waals surface area contributed by atoms with E-state index in [1.807, 2.05) is 13.0 Å². The van der Waals surface area contributed by atoms with Crippen LogP contribution in [0.5, 0.6) is 5.88 Å². The Hall–Kier alpha value is -3.45. The van der Waals surface area contributed by atoms with Gasteiger partial charge < -0.3 is 25.4 Å². The number of piperidine rings is 1. The van der Waals surface area contributed by atoms with Crippen LogP contribution in [0.3, 0.4) is 0 Å². The van der Waals surface area contributed by atoms with Gasteiger partial charge in [-0.15, -0.1) is 0 Å². The molecule has 192 valence electrons. The van der Waals surface area contributed by atoms with Crippen molar-refractivity contribution < 1.29 is 9.84 Å². The normalized spacial score (nSPS) is 21.1. The summed E-state index contributed by atoms with van der Waals surface area (Å²) in [4.78, 5) is 15.8. The van der Waals surface area contributed by atoms with Gasteiger partial charge in [-0.25, -0.2) is 15.0 Å². The molecule has 3 N–H and O–H groups in total. The molecule has 2 aliphatic heterocycles. The van der Waals surface area contributed by atoms with Crippen LogP contribution in [0.2, 0.25) is 5.02 Å². The van der Waals surface area contributed by atoms with Gasteiger partial charge in [0.15, 0.2) is 0 Å². The SMILES string of the molecule is CN1CCCC(COc2ncc(Cl)cc2Nc2nccc(-c3cc(C#N)c4c(c3)[C@@](C)(CO)CN4)n2)C1. The number of anilines is 3. The lowest BCUT2D eigenvalue weighted by molar-refractivity contribution is 0.148. The lowest BCUT2D eigenvalue weighted by Crippen LogP contribution is -2.34. The minimum Gasteiger partial charge on any atom is -0.476 e. The Morgan fingerprint density at radius 3 is 3.00 bits per heavy atom. The second-order valence-corrected chi connectivity index (χ2v) is 10.5. The molecular formula is C27H30ClN7O2. The van der Waals surface area contributed by atoms with Crippen molar-refractivity contribution in [3.05, 3.63) is 52.8 Å². The number of aliphatic hydroxyl groups is 1. The molecule has 0 saturated carbocycles. The van der Waals surface area contributed by atoms with Gasteiger partial charge in [0.2, 0.25) is 11.8 Å². The number of benzene rings is 1. The summed E-state index contributed by atoms with van der Waals surface area (Å²) in [5.74, 6) is 1.24. The summed E-state index contributed by atoms with van der Waals surface area (Å²) in [6, 6.07) is 9.59. The zero-order chi connectivity index (χ0) is 26.0. The molecule has 0 bridgehead atoms. The van der Waals surface area contributed by atoms with Crippen molar-refractivity contribution in [2.75, 3.05) is 50.5 Å². The van der Waals surface area contributed by atoms with E-state index in [2.05, 4.69) is 38.6 Å². The monoisotopic (exact) mass is 519 g/mol. The Balaban J connectivity index is 1.40. The summed E-state index contributed by atoms with van der Waals surface area (Å²) >= 11 is 6.24. The van der Waals surface area contributed by atoms with E-state index < -0.39 is 5.41 Å². The maximum absolute atomic E-state index is 10.0. The van der Waals surface area contributed by atoms with E-state index in [9.17, 15) is 10.4 Å². The predicted octanol–water partition coefficient (Wildman–Crippen LogP) is 4.20. The number of hydrogen-bond acceptors (Lipinski definition) is 9. The van der Waals surface area contributed by atoms with Gasteiger partial charge in [0.25, 0.3) is 0 Å². The Morgan fingerprint density at radius 1 is 1.35 bits per heavy atom. The number of likely N-dealkylation sites (tertiary alicyclic amines) is 1. The maximum atomic E-state index is 10.0. The number of nitrogens with one attached hydrogen (secondary N) is 2. The molecule has 1 aromatic carbocycles. The number of nitriles is 1. The summed E-state index contributed by atoms with van der Waals surface area (Å²) < 4.78 is 6.10. The molecule has 2 aliphatic rings. The van der Waals surface area contributed by atoms with Crippen LogP contribution in [0.15, 0.2) is 36.7 Å². The molecule has 10 heteroatoms. The van der Waals surface area contributed by atoms with E-state index in [0.29, 0.717) is 52.9 Å². The van der Waals surface area contributed by atoms with Crippen LogP contribution in [-0.2, 0) is 5.41 Å². The summed E-state index contributed by atoms with van der Waals surface area (Å²) in [5, 5.41) is 26.7. The van der Waals surface area contributed by atoms with Crippen LogP contribution in [0.1, 0.15) is 30.9 Å². The first-order valence-corrected chi connectivity index (χ1v) is 12.8. The van der Waals surface area contributed by atoms with Crippen LogP contribution in [0, 0.1) is 17.2 Å². The average Bonchev–Trinajstić information content (AvgIpc) is 3.25. The van der Waals surface area contributed by atoms with Crippen molar-refractivity contribution in [1.29, 1.82) is 5.26 Å². The van der Waals surface area contributed by atoms with Gasteiger partial charge in [0.1, 0.15) is 11.8 Å². The molecule has 3 aromatic rings. The number of halogens is 1.